The van der Waals surface area contributed by atoms with Crippen LogP contribution in [0.5, 0.6) is 0 Å². The van der Waals surface area contributed by atoms with Gasteiger partial charge in [-0.3, -0.25) is 10.1 Å². The molecule has 0 spiro atoms. The molecule has 0 unspecified atom stereocenters. The molecule has 12 heteroatoms. The number of hydrogen-bond donors (Lipinski definition) is 3. The Balaban J connectivity index is 2.88. The second-order valence-corrected chi connectivity index (χ2v) is 7.57. The summed E-state index contributed by atoms with van der Waals surface area (Å²) in [7, 11) is -7.76. The Hall–Kier alpha value is -1.76. The summed E-state index contributed by atoms with van der Waals surface area (Å²) in [6.45, 7) is -0.194. The van der Waals surface area contributed by atoms with Crippen LogP contribution in [0.4, 0.5) is 11.4 Å². The van der Waals surface area contributed by atoms with Crippen LogP contribution in [0.15, 0.2) is 23.1 Å². The molecule has 0 aliphatic carbocycles. The van der Waals surface area contributed by atoms with Crippen LogP contribution in [0.25, 0.3) is 0 Å². The third kappa shape index (κ3) is 5.26. The van der Waals surface area contributed by atoms with E-state index in [1.165, 1.54) is 0 Å². The monoisotopic (exact) mass is 338 g/mol. The van der Waals surface area contributed by atoms with Gasteiger partial charge in [-0.15, -0.1) is 0 Å². The van der Waals surface area contributed by atoms with Gasteiger partial charge in [0.2, 0.25) is 20.0 Å². The molecule has 21 heavy (non-hydrogen) atoms. The lowest BCUT2D eigenvalue weighted by Crippen LogP contribution is -2.28. The number of anilines is 1. The molecule has 118 valence electrons. The van der Waals surface area contributed by atoms with Gasteiger partial charge >= 0.3 is 0 Å². The minimum atomic E-state index is -4.08. The lowest BCUT2D eigenvalue weighted by atomic mass is 10.3. The van der Waals surface area contributed by atoms with Crippen molar-refractivity contribution < 1.29 is 21.8 Å². The molecule has 0 saturated carbocycles. The third-order valence-corrected chi connectivity index (χ3v) is 4.77. The maximum atomic E-state index is 12.0. The number of benzene rings is 1. The number of hydrogen-bond acceptors (Lipinski definition) is 7. The van der Waals surface area contributed by atoms with E-state index in [0.717, 1.165) is 18.2 Å². The van der Waals surface area contributed by atoms with E-state index in [1.807, 2.05) is 0 Å². The first-order chi connectivity index (χ1) is 9.53. The van der Waals surface area contributed by atoms with E-state index in [2.05, 4.69) is 4.72 Å². The second kappa shape index (κ2) is 6.34. The van der Waals surface area contributed by atoms with Gasteiger partial charge in [-0.05, 0) is 12.5 Å². The first-order valence-electron chi connectivity index (χ1n) is 5.57. The number of sulfonamides is 2. The Bertz CT molecular complexity index is 744. The molecular weight excluding hydrogens is 324 g/mol. The van der Waals surface area contributed by atoms with Crippen molar-refractivity contribution in [2.24, 2.45) is 5.14 Å². The Kier molecular flexibility index (Phi) is 5.22. The van der Waals surface area contributed by atoms with E-state index in [-0.39, 0.29) is 24.4 Å². The number of nitro benzene ring substituents is 1. The van der Waals surface area contributed by atoms with Crippen LogP contribution in [0, 0.1) is 10.1 Å². The Morgan fingerprint density at radius 3 is 2.38 bits per heavy atom. The Morgan fingerprint density at radius 2 is 1.86 bits per heavy atom. The first-order valence-corrected chi connectivity index (χ1v) is 8.77. The number of nitrogen functional groups attached to an aromatic ring is 1. The van der Waals surface area contributed by atoms with Gasteiger partial charge < -0.3 is 5.73 Å². The Labute approximate surface area is 121 Å². The molecule has 0 heterocycles. The van der Waals surface area contributed by atoms with Crippen LogP contribution < -0.4 is 15.6 Å². The smallest absolute Gasteiger partial charge is 0.270 e. The number of rotatable bonds is 7. The topological polar surface area (TPSA) is 175 Å². The maximum Gasteiger partial charge on any atom is 0.270 e. The van der Waals surface area contributed by atoms with Crippen LogP contribution in [-0.4, -0.2) is 34.1 Å². The molecular formula is C9H14N4O6S2. The molecule has 0 atom stereocenters. The van der Waals surface area contributed by atoms with Crippen LogP contribution in [0.2, 0.25) is 0 Å². The molecule has 1 aromatic rings. The van der Waals surface area contributed by atoms with E-state index in [4.69, 9.17) is 10.9 Å². The average molecular weight is 338 g/mol. The standard InChI is InChI=1S/C9H14N4O6S2/c10-8-3-2-7(13(14)15)6-9(8)21(18,19)12-4-1-5-20(11,16)17/h2-3,6,12H,1,4-5,10H2,(H2,11,16,17). The van der Waals surface area contributed by atoms with Gasteiger partial charge in [-0.2, -0.15) is 0 Å². The molecule has 0 amide bonds. The molecule has 5 N–H and O–H groups in total. The minimum absolute atomic E-state index is 0.0348. The van der Waals surface area contributed by atoms with Crippen LogP contribution >= 0.6 is 0 Å². The fraction of sp³-hybridized carbons (Fsp3) is 0.333. The summed E-state index contributed by atoms with van der Waals surface area (Å²) in [6.07, 6.45) is -0.0348. The highest BCUT2D eigenvalue weighted by atomic mass is 32.2. The summed E-state index contributed by atoms with van der Waals surface area (Å²) in [6, 6.07) is 3.02. The van der Waals surface area contributed by atoms with Crippen molar-refractivity contribution in [3.8, 4) is 0 Å². The molecule has 0 saturated heterocycles. The molecule has 0 aliphatic heterocycles. The fourth-order valence-electron chi connectivity index (χ4n) is 1.43. The van der Waals surface area contributed by atoms with Gasteiger partial charge in [0.1, 0.15) is 4.90 Å². The number of non-ortho nitro benzene ring substituents is 1. The third-order valence-electron chi connectivity index (χ3n) is 2.40. The molecule has 1 rings (SSSR count). The number of primary sulfonamides is 1. The zero-order chi connectivity index (χ0) is 16.3. The summed E-state index contributed by atoms with van der Waals surface area (Å²) in [5, 5.41) is 15.4. The number of nitrogens with two attached hydrogens (primary N) is 2. The lowest BCUT2D eigenvalue weighted by Gasteiger charge is -2.08. The lowest BCUT2D eigenvalue weighted by molar-refractivity contribution is -0.385. The maximum absolute atomic E-state index is 12.0. The zero-order valence-electron chi connectivity index (χ0n) is 10.7. The number of nitrogens with one attached hydrogen (secondary N) is 1. The van der Waals surface area contributed by atoms with Crippen LogP contribution in [-0.2, 0) is 20.0 Å². The summed E-state index contributed by atoms with van der Waals surface area (Å²) in [4.78, 5) is 9.44. The van der Waals surface area contributed by atoms with Gasteiger partial charge in [0.15, 0.2) is 0 Å². The second-order valence-electron chi connectivity index (χ2n) is 4.10. The number of nitrogens with zero attached hydrogens (tertiary/aromatic N) is 1. The summed E-state index contributed by atoms with van der Waals surface area (Å²) in [5.74, 6) is -0.389. The van der Waals surface area contributed by atoms with Crippen molar-refractivity contribution in [3.63, 3.8) is 0 Å². The summed E-state index contributed by atoms with van der Waals surface area (Å²) in [5.41, 5.74) is 4.92. The molecule has 0 radical (unpaired) electrons. The van der Waals surface area contributed by atoms with E-state index >= 15 is 0 Å². The summed E-state index contributed by atoms with van der Waals surface area (Å²) >= 11 is 0. The van der Waals surface area contributed by atoms with Gasteiger partial charge in [-0.25, -0.2) is 26.7 Å². The van der Waals surface area contributed by atoms with Gasteiger partial charge in [0, 0.05) is 18.7 Å². The quantitative estimate of drug-likeness (QED) is 0.250. The van der Waals surface area contributed by atoms with Crippen molar-refractivity contribution >= 4 is 31.4 Å². The van der Waals surface area contributed by atoms with Crippen LogP contribution in [0.1, 0.15) is 6.42 Å². The van der Waals surface area contributed by atoms with E-state index in [0.29, 0.717) is 0 Å². The molecule has 0 fully saturated rings. The zero-order valence-corrected chi connectivity index (χ0v) is 12.4. The largest absolute Gasteiger partial charge is 0.398 e. The van der Waals surface area contributed by atoms with Crippen LogP contribution in [0.3, 0.4) is 0 Å². The highest BCUT2D eigenvalue weighted by molar-refractivity contribution is 7.89. The van der Waals surface area contributed by atoms with E-state index < -0.39 is 35.6 Å². The van der Waals surface area contributed by atoms with Gasteiger partial charge in [0.25, 0.3) is 5.69 Å². The normalized spacial score (nSPS) is 12.2. The molecule has 0 bridgehead atoms. The van der Waals surface area contributed by atoms with Crippen molar-refractivity contribution in [1.29, 1.82) is 0 Å². The SMILES string of the molecule is Nc1ccc([N+](=O)[O-])cc1S(=O)(=O)NCCCS(N)(=O)=O. The predicted molar refractivity (Wildman–Crippen MR) is 75.3 cm³/mol. The van der Waals surface area contributed by atoms with Crippen molar-refractivity contribution in [2.45, 2.75) is 11.3 Å². The Morgan fingerprint density at radius 1 is 1.24 bits per heavy atom. The van der Waals surface area contributed by atoms with Gasteiger partial charge in [-0.1, -0.05) is 0 Å². The highest BCUT2D eigenvalue weighted by Gasteiger charge is 2.20. The molecule has 0 aromatic heterocycles. The first kappa shape index (κ1) is 17.3. The van der Waals surface area contributed by atoms with E-state index in [9.17, 15) is 26.9 Å². The average Bonchev–Trinajstić information content (AvgIpc) is 2.33. The minimum Gasteiger partial charge on any atom is -0.398 e. The summed E-state index contributed by atoms with van der Waals surface area (Å²) < 4.78 is 47.4. The molecule has 10 nitrogen and oxygen atoms in total. The molecule has 1 aromatic carbocycles. The van der Waals surface area contributed by atoms with Gasteiger partial charge in [0.05, 0.1) is 16.4 Å². The highest BCUT2D eigenvalue weighted by Crippen LogP contribution is 2.23. The van der Waals surface area contributed by atoms with Crippen molar-refractivity contribution in [2.75, 3.05) is 18.0 Å². The van der Waals surface area contributed by atoms with Crippen molar-refractivity contribution in [1.82, 2.24) is 4.72 Å². The fourth-order valence-corrected chi connectivity index (χ4v) is 3.20. The van der Waals surface area contributed by atoms with E-state index in [1.54, 1.807) is 0 Å². The molecule has 0 aliphatic rings. The predicted octanol–water partition coefficient (Wildman–Crippen LogP) is -0.866. The number of nitro groups is 1. The van der Waals surface area contributed by atoms with Crippen molar-refractivity contribution in [3.05, 3.63) is 28.3 Å².